The summed E-state index contributed by atoms with van der Waals surface area (Å²) in [5.74, 6) is -3.58. The van der Waals surface area contributed by atoms with E-state index in [0.29, 0.717) is 75.8 Å². The fraction of sp³-hybridized carbons (Fsp3) is 0.697. The molecule has 3 saturated heterocycles. The van der Waals surface area contributed by atoms with E-state index in [0.717, 1.165) is 99.6 Å². The molecule has 3 aliphatic rings. The van der Waals surface area contributed by atoms with E-state index >= 15 is 0 Å². The SMILES string of the molecule is CCCCCCC.CCCCCCCCCCOC(=O)OCn1cc2cc(C[C@@H]([N-]N3CCC(/C(=C/c4ccccc4N)C(=O)C(=O)C(=O)OCCCCCCCCCC)CC3)C(=O)N3CCN(C4CCN(C)CC4)CC3)cc(C)c2n1.[Y]. The van der Waals surface area contributed by atoms with Crippen LogP contribution in [0.25, 0.3) is 22.4 Å². The molecule has 461 valence electrons. The summed E-state index contributed by atoms with van der Waals surface area (Å²) in [6.07, 6.45) is 31.1. The van der Waals surface area contributed by atoms with E-state index in [9.17, 15) is 24.0 Å². The molecule has 0 spiro atoms. The molecule has 3 aliphatic heterocycles. The molecular weight excluding hydrogens is 1120 g/mol. The molecule has 2 N–H and O–H groups in total. The van der Waals surface area contributed by atoms with Gasteiger partial charge in [-0.15, -0.1) is 0 Å². The number of nitrogens with zero attached hydrogens (tertiary/aromatic N) is 7. The van der Waals surface area contributed by atoms with Crippen LogP contribution < -0.4 is 5.73 Å². The number of nitrogen functional groups attached to an aromatic ring is 1. The third kappa shape index (κ3) is 25.8. The number of nitrogens with two attached hydrogens (primary N) is 1. The second kappa shape index (κ2) is 41.1. The number of ketones is 2. The summed E-state index contributed by atoms with van der Waals surface area (Å²) in [4.78, 5) is 74.6. The molecule has 0 bridgehead atoms. The number of allylic oxidation sites excluding steroid dienone is 1. The molecule has 17 heteroatoms. The number of aromatic nitrogens is 2. The standard InChI is InChI=1S/C59H89N8O8.C7H16.Y/c1-5-7-9-11-13-15-17-21-37-73-58(71)56(69)55(68)51(42-48-23-19-20-24-52(48)60)47-25-31-66(32-26-47)61-53(57(70)65-35-33-64(34-36-65)50-27-29-63(4)30-28-50)41-46-39-45(3)54-49(40-46)43-67(62-54)44-75-59(72)74-38-22-18-16-14-12-10-8-6-2;1-3-5-7-6-4-2;/h19-20,23-24,39-40,42-43,47,50,53H,5-18,21-22,25-38,41,44,60H2,1-4H3;3-7H2,1-2H3;/q-1;;/b51-42-;;/t53-;;/m1../s1. The van der Waals surface area contributed by atoms with E-state index < -0.39 is 29.7 Å². The van der Waals surface area contributed by atoms with Crippen LogP contribution in [0.2, 0.25) is 0 Å². The van der Waals surface area contributed by atoms with E-state index in [4.69, 9.17) is 30.5 Å². The van der Waals surface area contributed by atoms with Gasteiger partial charge in [0.1, 0.15) is 0 Å². The Balaban J connectivity index is 0.00000173. The minimum absolute atomic E-state index is 0. The van der Waals surface area contributed by atoms with E-state index in [1.807, 2.05) is 41.2 Å². The molecule has 6 rings (SSSR count). The van der Waals surface area contributed by atoms with E-state index in [1.54, 1.807) is 29.0 Å². The summed E-state index contributed by atoms with van der Waals surface area (Å²) < 4.78 is 17.7. The smallest absolute Gasteiger partial charge is 0.510 e. The average molecular weight is 1230 g/mol. The van der Waals surface area contributed by atoms with Crippen LogP contribution in [0.3, 0.4) is 0 Å². The number of hydrogen-bond acceptors (Lipinski definition) is 13. The number of anilines is 1. The number of hydrogen-bond donors (Lipinski definition) is 1. The van der Waals surface area contributed by atoms with Gasteiger partial charge in [-0.25, -0.2) is 14.3 Å². The van der Waals surface area contributed by atoms with Crippen molar-refractivity contribution in [2.75, 3.05) is 78.4 Å². The fourth-order valence-corrected chi connectivity index (χ4v) is 11.5. The molecule has 1 amide bonds. The second-order valence-electron chi connectivity index (χ2n) is 23.4. The quantitative estimate of drug-likeness (QED) is 0.0147. The van der Waals surface area contributed by atoms with Crippen molar-refractivity contribution in [2.24, 2.45) is 5.92 Å². The number of aryl methyl sites for hydroxylation is 1. The van der Waals surface area contributed by atoms with Gasteiger partial charge in [0, 0.05) is 87.8 Å². The summed E-state index contributed by atoms with van der Waals surface area (Å²) in [5, 5.41) is 7.50. The summed E-state index contributed by atoms with van der Waals surface area (Å²) in [7, 11) is 2.17. The topological polar surface area (TPSA) is 184 Å². The predicted octanol–water partition coefficient (Wildman–Crippen LogP) is 13.2. The Morgan fingerprint density at radius 1 is 0.663 bits per heavy atom. The van der Waals surface area contributed by atoms with Crippen molar-refractivity contribution in [3.8, 4) is 0 Å². The number of rotatable bonds is 35. The van der Waals surface area contributed by atoms with E-state index in [1.165, 1.54) is 89.9 Å². The van der Waals surface area contributed by atoms with Crippen molar-refractivity contribution in [1.82, 2.24) is 29.5 Å². The maximum atomic E-state index is 14.7. The zero-order valence-corrected chi connectivity index (χ0v) is 54.9. The van der Waals surface area contributed by atoms with Crippen molar-refractivity contribution in [3.63, 3.8) is 0 Å². The first-order valence-corrected chi connectivity index (χ1v) is 32.1. The zero-order valence-electron chi connectivity index (χ0n) is 52.1. The Morgan fingerprint density at radius 2 is 1.20 bits per heavy atom. The van der Waals surface area contributed by atoms with Gasteiger partial charge in [-0.3, -0.25) is 19.3 Å². The molecule has 0 unspecified atom stereocenters. The molecule has 0 aliphatic carbocycles. The van der Waals surface area contributed by atoms with Crippen molar-refractivity contribution in [3.05, 3.63) is 70.3 Å². The monoisotopic (exact) mass is 1230 g/mol. The number of piperazine rings is 1. The maximum absolute atomic E-state index is 14.7. The Bertz CT molecular complexity index is 2390. The van der Waals surface area contributed by atoms with E-state index in [-0.39, 0.29) is 63.4 Å². The second-order valence-corrected chi connectivity index (χ2v) is 23.4. The number of esters is 1. The Morgan fingerprint density at radius 3 is 1.78 bits per heavy atom. The molecule has 1 radical (unpaired) electrons. The summed E-state index contributed by atoms with van der Waals surface area (Å²) in [6.45, 7) is 17.1. The maximum Gasteiger partial charge on any atom is 0.510 e. The molecule has 1 atom stereocenters. The van der Waals surface area contributed by atoms with Crippen molar-refractivity contribution in [1.29, 1.82) is 0 Å². The van der Waals surface area contributed by atoms with Gasteiger partial charge in [0.05, 0.1) is 18.7 Å². The van der Waals surface area contributed by atoms with Gasteiger partial charge in [0.25, 0.3) is 0 Å². The molecule has 4 heterocycles. The molecule has 2 aromatic carbocycles. The van der Waals surface area contributed by atoms with Crippen LogP contribution in [-0.2, 0) is 79.2 Å². The first kappa shape index (κ1) is 71.4. The molecule has 16 nitrogen and oxygen atoms in total. The normalized spacial score (nSPS) is 16.2. The number of Topliss-reactive ketones (excluding diaryl/α,β-unsaturated/α-hetero) is 2. The van der Waals surface area contributed by atoms with Crippen molar-refractivity contribution < 1.29 is 70.9 Å². The van der Waals surface area contributed by atoms with Crippen LogP contribution in [0.4, 0.5) is 10.5 Å². The van der Waals surface area contributed by atoms with Crippen LogP contribution in [0, 0.1) is 12.8 Å². The zero-order chi connectivity index (χ0) is 58.9. The molecule has 83 heavy (non-hydrogen) atoms. The predicted molar refractivity (Wildman–Crippen MR) is 330 cm³/mol. The van der Waals surface area contributed by atoms with Crippen LogP contribution in [-0.4, -0.2) is 144 Å². The molecule has 3 aromatic rings. The Labute approximate surface area is 524 Å². The van der Waals surface area contributed by atoms with Crippen LogP contribution in [0.1, 0.15) is 205 Å². The summed E-state index contributed by atoms with van der Waals surface area (Å²) in [6, 6.07) is 11.0. The third-order valence-corrected chi connectivity index (χ3v) is 16.6. The minimum Gasteiger partial charge on any atom is -0.584 e. The largest absolute Gasteiger partial charge is 0.584 e. The number of benzene rings is 2. The van der Waals surface area contributed by atoms with Gasteiger partial charge in [-0.1, -0.05) is 174 Å². The number of para-hydroxylation sites is 1. The molecule has 1 aromatic heterocycles. The first-order chi connectivity index (χ1) is 39.8. The molecule has 3 fully saturated rings. The number of amides is 1. The van der Waals surface area contributed by atoms with Gasteiger partial charge >= 0.3 is 17.9 Å². The Kier molecular flexibility index (Phi) is 35.4. The molecular formula is C66H105N8O8Y-. The van der Waals surface area contributed by atoms with Gasteiger partial charge < -0.3 is 40.2 Å². The summed E-state index contributed by atoms with van der Waals surface area (Å²) in [5.41, 5.74) is 15.4. The van der Waals surface area contributed by atoms with Gasteiger partial charge in [0.2, 0.25) is 11.7 Å². The number of ether oxygens (including phenoxy) is 3. The third-order valence-electron chi connectivity index (χ3n) is 16.6. The van der Waals surface area contributed by atoms with Crippen LogP contribution >= 0.6 is 0 Å². The van der Waals surface area contributed by atoms with E-state index in [2.05, 4.69) is 44.5 Å². The number of piperidine rings is 2. The minimum atomic E-state index is -1.18. The van der Waals surface area contributed by atoms with Crippen molar-refractivity contribution >= 4 is 52.3 Å². The van der Waals surface area contributed by atoms with Gasteiger partial charge in [-0.05, 0) is 132 Å². The Hall–Kier alpha value is -4.06. The first-order valence-electron chi connectivity index (χ1n) is 32.1. The fourth-order valence-electron chi connectivity index (χ4n) is 11.5. The number of carbonyl (C=O) groups excluding carboxylic acids is 5. The average Bonchev–Trinajstić information content (AvgIpc) is 4.16. The number of unbranched alkanes of at least 4 members (excludes halogenated alkanes) is 18. The number of carbonyl (C=O) groups is 5. The number of fused-ring (bicyclic) bond motifs is 1. The summed E-state index contributed by atoms with van der Waals surface area (Å²) >= 11 is 0. The molecule has 0 saturated carbocycles. The van der Waals surface area contributed by atoms with Gasteiger partial charge in [0.15, 0.2) is 6.73 Å². The van der Waals surface area contributed by atoms with Crippen LogP contribution in [0.15, 0.2) is 48.2 Å². The van der Waals surface area contributed by atoms with Gasteiger partial charge in [-0.2, -0.15) is 5.10 Å². The van der Waals surface area contributed by atoms with Crippen molar-refractivity contribution in [2.45, 2.75) is 220 Å². The number of likely N-dealkylation sites (tertiary alicyclic amines) is 1. The van der Waals surface area contributed by atoms with Crippen LogP contribution in [0.5, 0.6) is 0 Å².